The zero-order valence-corrected chi connectivity index (χ0v) is 9.50. The number of benzene rings is 1. The lowest BCUT2D eigenvalue weighted by Gasteiger charge is -2.04. The van der Waals surface area contributed by atoms with Crippen LogP contribution in [0.4, 0.5) is 0 Å². The fraction of sp³-hybridized carbons (Fsp3) is 0.0714. The minimum absolute atomic E-state index is 0.871. The molecule has 0 saturated carbocycles. The van der Waals surface area contributed by atoms with Gasteiger partial charge in [0, 0.05) is 18.6 Å². The van der Waals surface area contributed by atoms with E-state index < -0.39 is 0 Å². The number of hydrogen-bond acceptors (Lipinski definition) is 2. The van der Waals surface area contributed by atoms with Crippen molar-refractivity contribution >= 4 is 5.65 Å². The van der Waals surface area contributed by atoms with E-state index in [2.05, 4.69) is 17.1 Å². The predicted octanol–water partition coefficient (Wildman–Crippen LogP) is 3.01. The van der Waals surface area contributed by atoms with Gasteiger partial charge in [-0.15, -0.1) is 0 Å². The van der Waals surface area contributed by atoms with Gasteiger partial charge in [-0.05, 0) is 35.4 Å². The van der Waals surface area contributed by atoms with E-state index in [-0.39, 0.29) is 0 Å². The molecule has 3 aromatic rings. The molecule has 3 rings (SSSR count). The number of hydrogen-bond donors (Lipinski definition) is 0. The van der Waals surface area contributed by atoms with Gasteiger partial charge >= 0.3 is 0 Å². The molecule has 0 unspecified atom stereocenters. The van der Waals surface area contributed by atoms with Gasteiger partial charge in [-0.1, -0.05) is 12.1 Å². The highest BCUT2D eigenvalue weighted by atomic mass is 16.5. The molecule has 0 bridgehead atoms. The van der Waals surface area contributed by atoms with Crippen molar-refractivity contribution in [3.05, 3.63) is 55.0 Å². The number of pyridine rings is 1. The van der Waals surface area contributed by atoms with Crippen LogP contribution < -0.4 is 4.74 Å². The first-order chi connectivity index (χ1) is 8.36. The molecule has 0 N–H and O–H groups in total. The Bertz CT molecular complexity index is 641. The van der Waals surface area contributed by atoms with Gasteiger partial charge in [0.1, 0.15) is 11.4 Å². The zero-order chi connectivity index (χ0) is 11.7. The largest absolute Gasteiger partial charge is 0.497 e. The average Bonchev–Trinajstić information content (AvgIpc) is 2.86. The smallest absolute Gasteiger partial charge is 0.137 e. The minimum atomic E-state index is 0.871. The maximum Gasteiger partial charge on any atom is 0.137 e. The van der Waals surface area contributed by atoms with Gasteiger partial charge in [-0.25, -0.2) is 4.98 Å². The van der Waals surface area contributed by atoms with Crippen molar-refractivity contribution in [2.24, 2.45) is 0 Å². The average molecular weight is 224 g/mol. The SMILES string of the molecule is COc1ccc(-c2ccn3ccnc3c2)cc1. The lowest BCUT2D eigenvalue weighted by atomic mass is 10.1. The van der Waals surface area contributed by atoms with Gasteiger partial charge in [0.25, 0.3) is 0 Å². The van der Waals surface area contributed by atoms with Crippen LogP contribution in [0.5, 0.6) is 5.75 Å². The highest BCUT2D eigenvalue weighted by Gasteiger charge is 2.00. The molecule has 84 valence electrons. The predicted molar refractivity (Wildman–Crippen MR) is 67.2 cm³/mol. The third kappa shape index (κ3) is 1.76. The molecule has 0 aliphatic rings. The summed E-state index contributed by atoms with van der Waals surface area (Å²) in [5.74, 6) is 0.871. The van der Waals surface area contributed by atoms with Crippen LogP contribution in [0.2, 0.25) is 0 Å². The van der Waals surface area contributed by atoms with Crippen molar-refractivity contribution in [3.63, 3.8) is 0 Å². The molecule has 0 aliphatic carbocycles. The van der Waals surface area contributed by atoms with E-state index in [1.54, 1.807) is 13.3 Å². The van der Waals surface area contributed by atoms with Crippen molar-refractivity contribution in [2.45, 2.75) is 0 Å². The Labute approximate surface area is 99.3 Å². The molecule has 3 heteroatoms. The van der Waals surface area contributed by atoms with E-state index in [1.807, 2.05) is 41.1 Å². The summed E-state index contributed by atoms with van der Waals surface area (Å²) >= 11 is 0. The number of methoxy groups -OCH3 is 1. The Balaban J connectivity index is 2.06. The molecule has 17 heavy (non-hydrogen) atoms. The number of rotatable bonds is 2. The number of fused-ring (bicyclic) bond motifs is 1. The Morgan fingerprint density at radius 2 is 1.82 bits per heavy atom. The molecule has 0 saturated heterocycles. The molecule has 0 atom stereocenters. The summed E-state index contributed by atoms with van der Waals surface area (Å²) in [6.45, 7) is 0. The zero-order valence-electron chi connectivity index (χ0n) is 9.50. The quantitative estimate of drug-likeness (QED) is 0.669. The molecule has 0 fully saturated rings. The van der Waals surface area contributed by atoms with E-state index in [1.165, 1.54) is 0 Å². The van der Waals surface area contributed by atoms with Crippen LogP contribution in [-0.2, 0) is 0 Å². The topological polar surface area (TPSA) is 26.5 Å². The first-order valence-corrected chi connectivity index (χ1v) is 5.44. The number of aromatic nitrogens is 2. The van der Waals surface area contributed by atoms with Crippen LogP contribution in [0.3, 0.4) is 0 Å². The van der Waals surface area contributed by atoms with Crippen LogP contribution in [0, 0.1) is 0 Å². The van der Waals surface area contributed by atoms with Gasteiger partial charge in [0.2, 0.25) is 0 Å². The van der Waals surface area contributed by atoms with Gasteiger partial charge in [-0.2, -0.15) is 0 Å². The Kier molecular flexibility index (Phi) is 2.29. The van der Waals surface area contributed by atoms with Crippen LogP contribution in [-0.4, -0.2) is 16.5 Å². The highest BCUT2D eigenvalue weighted by Crippen LogP contribution is 2.22. The van der Waals surface area contributed by atoms with Crippen molar-refractivity contribution in [1.82, 2.24) is 9.38 Å². The Morgan fingerprint density at radius 1 is 1.00 bits per heavy atom. The van der Waals surface area contributed by atoms with Crippen molar-refractivity contribution in [3.8, 4) is 16.9 Å². The van der Waals surface area contributed by atoms with Crippen molar-refractivity contribution in [2.75, 3.05) is 7.11 Å². The Hall–Kier alpha value is -2.29. The van der Waals surface area contributed by atoms with Gasteiger partial charge < -0.3 is 9.14 Å². The summed E-state index contributed by atoms with van der Waals surface area (Å²) in [7, 11) is 1.67. The first kappa shape index (κ1) is 9.90. The third-order valence-corrected chi connectivity index (χ3v) is 2.82. The molecular formula is C14H12N2O. The molecule has 0 radical (unpaired) electrons. The van der Waals surface area contributed by atoms with Gasteiger partial charge in [0.05, 0.1) is 7.11 Å². The van der Waals surface area contributed by atoms with E-state index in [4.69, 9.17) is 4.74 Å². The standard InChI is InChI=1S/C14H12N2O/c1-17-13-4-2-11(3-5-13)12-6-8-16-9-7-15-14(16)10-12/h2-10H,1H3. The number of imidazole rings is 1. The molecule has 3 nitrogen and oxygen atoms in total. The highest BCUT2D eigenvalue weighted by molar-refractivity contribution is 5.67. The molecule has 2 aromatic heterocycles. The van der Waals surface area contributed by atoms with Crippen LogP contribution in [0.15, 0.2) is 55.0 Å². The molecule has 0 amide bonds. The van der Waals surface area contributed by atoms with Gasteiger partial charge in [-0.3, -0.25) is 0 Å². The first-order valence-electron chi connectivity index (χ1n) is 5.44. The van der Waals surface area contributed by atoms with E-state index in [0.717, 1.165) is 22.5 Å². The second-order valence-corrected chi connectivity index (χ2v) is 3.84. The van der Waals surface area contributed by atoms with Crippen molar-refractivity contribution in [1.29, 1.82) is 0 Å². The molecule has 0 aliphatic heterocycles. The monoisotopic (exact) mass is 224 g/mol. The summed E-state index contributed by atoms with van der Waals surface area (Å²) in [5.41, 5.74) is 3.28. The van der Waals surface area contributed by atoms with E-state index >= 15 is 0 Å². The maximum atomic E-state index is 5.15. The number of ether oxygens (including phenoxy) is 1. The minimum Gasteiger partial charge on any atom is -0.497 e. The Morgan fingerprint density at radius 3 is 2.59 bits per heavy atom. The number of nitrogens with zero attached hydrogens (tertiary/aromatic N) is 2. The van der Waals surface area contributed by atoms with Crippen molar-refractivity contribution < 1.29 is 4.74 Å². The molecule has 1 aromatic carbocycles. The second kappa shape index (κ2) is 3.94. The molecule has 2 heterocycles. The third-order valence-electron chi connectivity index (χ3n) is 2.82. The fourth-order valence-corrected chi connectivity index (χ4v) is 1.87. The van der Waals surface area contributed by atoms with E-state index in [9.17, 15) is 0 Å². The van der Waals surface area contributed by atoms with E-state index in [0.29, 0.717) is 0 Å². The summed E-state index contributed by atoms with van der Waals surface area (Å²) in [6, 6.07) is 12.2. The summed E-state index contributed by atoms with van der Waals surface area (Å²) in [5, 5.41) is 0. The van der Waals surface area contributed by atoms with Crippen LogP contribution in [0.25, 0.3) is 16.8 Å². The van der Waals surface area contributed by atoms with Crippen LogP contribution in [0.1, 0.15) is 0 Å². The molecule has 0 spiro atoms. The lowest BCUT2D eigenvalue weighted by molar-refractivity contribution is 0.415. The second-order valence-electron chi connectivity index (χ2n) is 3.84. The normalized spacial score (nSPS) is 10.6. The van der Waals surface area contributed by atoms with Crippen LogP contribution >= 0.6 is 0 Å². The fourth-order valence-electron chi connectivity index (χ4n) is 1.87. The maximum absolute atomic E-state index is 5.15. The molecular weight excluding hydrogens is 212 g/mol. The lowest BCUT2D eigenvalue weighted by Crippen LogP contribution is -1.85. The summed E-state index contributed by atoms with van der Waals surface area (Å²) in [4.78, 5) is 4.28. The van der Waals surface area contributed by atoms with Gasteiger partial charge in [0.15, 0.2) is 0 Å². The summed E-state index contributed by atoms with van der Waals surface area (Å²) in [6.07, 6.45) is 5.75. The summed E-state index contributed by atoms with van der Waals surface area (Å²) < 4.78 is 7.14.